The van der Waals surface area contributed by atoms with Gasteiger partial charge in [-0.15, -0.1) is 0 Å². The maximum absolute atomic E-state index is 14.4. The van der Waals surface area contributed by atoms with Gasteiger partial charge in [0.1, 0.15) is 6.10 Å². The number of hydrogen-bond acceptors (Lipinski definition) is 4. The summed E-state index contributed by atoms with van der Waals surface area (Å²) in [4.78, 5) is 15.5. The molecule has 1 aliphatic heterocycles. The Morgan fingerprint density at radius 2 is 1.44 bits per heavy atom. The van der Waals surface area contributed by atoms with Crippen LogP contribution in [0.4, 0.5) is 13.2 Å². The van der Waals surface area contributed by atoms with Crippen molar-refractivity contribution in [3.8, 4) is 0 Å². The van der Waals surface area contributed by atoms with E-state index in [4.69, 9.17) is 9.47 Å². The number of nitrogens with zero attached hydrogens (tertiary/aromatic N) is 1. The third-order valence-corrected chi connectivity index (χ3v) is 6.80. The topological polar surface area (TPSA) is 38.8 Å². The Labute approximate surface area is 209 Å². The average molecular weight is 498 g/mol. The molecule has 190 valence electrons. The van der Waals surface area contributed by atoms with E-state index >= 15 is 0 Å². The zero-order chi connectivity index (χ0) is 25.6. The zero-order valence-corrected chi connectivity index (χ0v) is 20.2. The van der Waals surface area contributed by atoms with Gasteiger partial charge < -0.3 is 9.47 Å². The van der Waals surface area contributed by atoms with E-state index in [1.807, 2.05) is 60.7 Å². The quantitative estimate of drug-likeness (QED) is 0.371. The van der Waals surface area contributed by atoms with Crippen molar-refractivity contribution in [3.63, 3.8) is 0 Å². The Hall–Kier alpha value is -3.16. The Kier molecular flexibility index (Phi) is 8.11. The number of benzene rings is 3. The molecule has 3 aromatic carbocycles. The number of likely N-dealkylation sites (tertiary alicyclic amines) is 1. The number of ether oxygens (including phenoxy) is 2. The molecule has 0 radical (unpaired) electrons. The lowest BCUT2D eigenvalue weighted by atomic mass is 9.87. The van der Waals surface area contributed by atoms with Crippen molar-refractivity contribution in [3.05, 3.63) is 108 Å². The van der Waals surface area contributed by atoms with E-state index < -0.39 is 23.9 Å². The fourth-order valence-electron chi connectivity index (χ4n) is 4.91. The smallest absolute Gasteiger partial charge is 0.432 e. The number of esters is 1. The SMILES string of the molecule is CO[C@@](C(=O)O[C@@H]1CN(Cc2ccccc2)CC[C@@H]1Cc1ccccc1)(c1ccccc1)C(F)(F)F. The Morgan fingerprint density at radius 1 is 0.889 bits per heavy atom. The van der Waals surface area contributed by atoms with Gasteiger partial charge >= 0.3 is 12.1 Å². The predicted octanol–water partition coefficient (Wildman–Crippen LogP) is 5.77. The van der Waals surface area contributed by atoms with Gasteiger partial charge in [-0.3, -0.25) is 4.90 Å². The van der Waals surface area contributed by atoms with Crippen LogP contribution in [0.1, 0.15) is 23.1 Å². The minimum Gasteiger partial charge on any atom is -0.458 e. The first-order valence-corrected chi connectivity index (χ1v) is 12.0. The molecule has 4 nitrogen and oxygen atoms in total. The highest BCUT2D eigenvalue weighted by molar-refractivity contribution is 5.83. The molecule has 0 aliphatic carbocycles. The third-order valence-electron chi connectivity index (χ3n) is 6.80. The van der Waals surface area contributed by atoms with Crippen molar-refractivity contribution in [1.29, 1.82) is 0 Å². The minimum atomic E-state index is -5.01. The van der Waals surface area contributed by atoms with E-state index in [0.717, 1.165) is 24.8 Å². The molecule has 4 rings (SSSR count). The van der Waals surface area contributed by atoms with Crippen LogP contribution < -0.4 is 0 Å². The number of halogens is 3. The molecule has 36 heavy (non-hydrogen) atoms. The average Bonchev–Trinajstić information content (AvgIpc) is 2.87. The summed E-state index contributed by atoms with van der Waals surface area (Å²) in [5.41, 5.74) is -1.36. The predicted molar refractivity (Wildman–Crippen MR) is 131 cm³/mol. The molecule has 0 spiro atoms. The number of alkyl halides is 3. The van der Waals surface area contributed by atoms with Gasteiger partial charge in [-0.1, -0.05) is 91.0 Å². The van der Waals surface area contributed by atoms with Crippen LogP contribution in [0.15, 0.2) is 91.0 Å². The highest BCUT2D eigenvalue weighted by Crippen LogP contribution is 2.43. The number of piperidine rings is 1. The Morgan fingerprint density at radius 3 is 2.00 bits per heavy atom. The van der Waals surface area contributed by atoms with Gasteiger partial charge in [-0.25, -0.2) is 4.79 Å². The van der Waals surface area contributed by atoms with Gasteiger partial charge in [0.15, 0.2) is 0 Å². The standard InChI is InChI=1S/C29H30F3NO3/c1-35-28(29(30,31)32,25-15-9-4-10-16-25)27(34)36-26-21-33(20-23-13-7-3-8-14-23)18-17-24(26)19-22-11-5-2-6-12-22/h2-16,24,26H,17-21H2,1H3/t24-,26-,28-/m1/s1. The van der Waals surface area contributed by atoms with Gasteiger partial charge in [-0.05, 0) is 30.5 Å². The number of carbonyl (C=O) groups excluding carboxylic acids is 1. The van der Waals surface area contributed by atoms with Gasteiger partial charge in [0.25, 0.3) is 5.60 Å². The number of hydrogen-bond donors (Lipinski definition) is 0. The van der Waals surface area contributed by atoms with Crippen LogP contribution in [0, 0.1) is 5.92 Å². The molecule has 7 heteroatoms. The van der Waals surface area contributed by atoms with Crippen molar-refractivity contribution < 1.29 is 27.4 Å². The Balaban J connectivity index is 1.61. The molecule has 1 heterocycles. The first-order valence-electron chi connectivity index (χ1n) is 12.0. The normalized spacial score (nSPS) is 20.4. The van der Waals surface area contributed by atoms with Gasteiger partial charge in [0.2, 0.25) is 0 Å². The molecule has 3 atom stereocenters. The monoisotopic (exact) mass is 497 g/mol. The maximum atomic E-state index is 14.4. The highest BCUT2D eigenvalue weighted by Gasteiger charge is 2.64. The van der Waals surface area contributed by atoms with Crippen LogP contribution in [0.3, 0.4) is 0 Å². The number of rotatable bonds is 8. The summed E-state index contributed by atoms with van der Waals surface area (Å²) >= 11 is 0. The number of methoxy groups -OCH3 is 1. The van der Waals surface area contributed by atoms with Crippen LogP contribution in [0.5, 0.6) is 0 Å². The van der Waals surface area contributed by atoms with Crippen LogP contribution in [-0.2, 0) is 32.8 Å². The molecular weight excluding hydrogens is 467 g/mol. The summed E-state index contributed by atoms with van der Waals surface area (Å²) in [5.74, 6) is -1.56. The van der Waals surface area contributed by atoms with Gasteiger partial charge in [0.05, 0.1) is 0 Å². The van der Waals surface area contributed by atoms with E-state index in [9.17, 15) is 18.0 Å². The Bertz CT molecular complexity index is 1110. The zero-order valence-electron chi connectivity index (χ0n) is 20.2. The summed E-state index contributed by atoms with van der Waals surface area (Å²) in [6, 6.07) is 26.5. The lowest BCUT2D eigenvalue weighted by Crippen LogP contribution is -2.55. The largest absolute Gasteiger partial charge is 0.458 e. The summed E-state index contributed by atoms with van der Waals surface area (Å²) in [6.45, 7) is 1.72. The van der Waals surface area contributed by atoms with E-state index in [1.165, 1.54) is 24.3 Å². The molecule has 3 aromatic rings. The molecule has 0 amide bonds. The van der Waals surface area contributed by atoms with Crippen LogP contribution in [0.25, 0.3) is 0 Å². The molecular formula is C29H30F3NO3. The van der Waals surface area contributed by atoms with Gasteiger partial charge in [-0.2, -0.15) is 13.2 Å². The highest BCUT2D eigenvalue weighted by atomic mass is 19.4. The van der Waals surface area contributed by atoms with Crippen molar-refractivity contribution >= 4 is 5.97 Å². The second-order valence-electron chi connectivity index (χ2n) is 9.15. The first-order chi connectivity index (χ1) is 17.3. The lowest BCUT2D eigenvalue weighted by molar-refractivity contribution is -0.279. The second-order valence-corrected chi connectivity index (χ2v) is 9.15. The molecule has 1 saturated heterocycles. The first kappa shape index (κ1) is 25.9. The fourth-order valence-corrected chi connectivity index (χ4v) is 4.91. The minimum absolute atomic E-state index is 0.123. The molecule has 1 fully saturated rings. The lowest BCUT2D eigenvalue weighted by Gasteiger charge is -2.40. The van der Waals surface area contributed by atoms with Crippen molar-refractivity contribution in [2.24, 2.45) is 5.92 Å². The van der Waals surface area contributed by atoms with Crippen molar-refractivity contribution in [2.45, 2.75) is 37.3 Å². The molecule has 0 unspecified atom stereocenters. The summed E-state index contributed by atoms with van der Waals surface area (Å²) in [7, 11) is 0.895. The fraction of sp³-hybridized carbons (Fsp3) is 0.345. The molecule has 0 aromatic heterocycles. The summed E-state index contributed by atoms with van der Waals surface area (Å²) < 4.78 is 54.0. The molecule has 0 bridgehead atoms. The van der Waals surface area contributed by atoms with Crippen LogP contribution in [-0.4, -0.2) is 43.3 Å². The summed E-state index contributed by atoms with van der Waals surface area (Å²) in [5, 5.41) is 0. The molecule has 0 saturated carbocycles. The van der Waals surface area contributed by atoms with Crippen molar-refractivity contribution in [2.75, 3.05) is 20.2 Å². The molecule has 0 N–H and O–H groups in total. The van der Waals surface area contributed by atoms with Crippen molar-refractivity contribution in [1.82, 2.24) is 4.90 Å². The van der Waals surface area contributed by atoms with E-state index in [2.05, 4.69) is 4.90 Å². The van der Waals surface area contributed by atoms with Crippen LogP contribution >= 0.6 is 0 Å². The van der Waals surface area contributed by atoms with Crippen LogP contribution in [0.2, 0.25) is 0 Å². The van der Waals surface area contributed by atoms with Gasteiger partial charge in [0, 0.05) is 31.7 Å². The number of carbonyl (C=O) groups is 1. The summed E-state index contributed by atoms with van der Waals surface area (Å²) in [6.07, 6.45) is -4.43. The van der Waals surface area contributed by atoms with E-state index in [0.29, 0.717) is 25.9 Å². The molecule has 1 aliphatic rings. The van der Waals surface area contributed by atoms with E-state index in [-0.39, 0.29) is 11.5 Å². The maximum Gasteiger partial charge on any atom is 0.432 e. The third kappa shape index (κ3) is 5.63. The second kappa shape index (κ2) is 11.3. The van der Waals surface area contributed by atoms with E-state index in [1.54, 1.807) is 6.07 Å².